The van der Waals surface area contributed by atoms with Gasteiger partial charge >= 0.3 is 0 Å². The average molecular weight is 284 g/mol. The molecule has 1 aliphatic rings. The van der Waals surface area contributed by atoms with Crippen molar-refractivity contribution in [3.8, 4) is 11.4 Å². The smallest absolute Gasteiger partial charge is 0.181 e. The van der Waals surface area contributed by atoms with Crippen LogP contribution in [0.4, 0.5) is 0 Å². The van der Waals surface area contributed by atoms with Gasteiger partial charge in [0.15, 0.2) is 5.82 Å². The topological polar surface area (TPSA) is 44.8 Å². The predicted octanol–water partition coefficient (Wildman–Crippen LogP) is 3.58. The minimum absolute atomic E-state index is 0.498. The van der Waals surface area contributed by atoms with Crippen LogP contribution in [0.3, 0.4) is 0 Å². The van der Waals surface area contributed by atoms with Crippen molar-refractivity contribution in [2.45, 2.75) is 45.6 Å². The molecule has 0 aliphatic carbocycles. The maximum Gasteiger partial charge on any atom is 0.181 e. The first kappa shape index (κ1) is 14.3. The van der Waals surface area contributed by atoms with Crippen LogP contribution < -0.4 is 0 Å². The molecule has 112 valence electrons. The summed E-state index contributed by atoms with van der Waals surface area (Å²) in [5.41, 5.74) is 2.47. The lowest BCUT2D eigenvalue weighted by atomic mass is 10.0. The zero-order chi connectivity index (χ0) is 14.7. The van der Waals surface area contributed by atoms with Crippen LogP contribution in [0.1, 0.15) is 50.5 Å². The maximum absolute atomic E-state index is 4.49. The number of benzene rings is 1. The van der Waals surface area contributed by atoms with Crippen molar-refractivity contribution in [1.29, 1.82) is 0 Å². The lowest BCUT2D eigenvalue weighted by Crippen LogP contribution is -2.32. The number of rotatable bonds is 4. The number of nitrogens with zero attached hydrogens (tertiary/aromatic N) is 3. The molecule has 1 saturated heterocycles. The van der Waals surface area contributed by atoms with Crippen molar-refractivity contribution >= 4 is 0 Å². The molecule has 3 rings (SSSR count). The molecule has 4 heteroatoms. The van der Waals surface area contributed by atoms with Gasteiger partial charge in [-0.1, -0.05) is 37.6 Å². The molecule has 21 heavy (non-hydrogen) atoms. The summed E-state index contributed by atoms with van der Waals surface area (Å²) in [6.45, 7) is 6.84. The van der Waals surface area contributed by atoms with Gasteiger partial charge in [0.25, 0.3) is 0 Å². The minimum Gasteiger partial charge on any atom is -0.297 e. The van der Waals surface area contributed by atoms with Crippen LogP contribution in [0.25, 0.3) is 11.4 Å². The lowest BCUT2D eigenvalue weighted by Gasteiger charge is -2.32. The fourth-order valence-corrected chi connectivity index (χ4v) is 3.01. The summed E-state index contributed by atoms with van der Waals surface area (Å²) < 4.78 is 0. The summed E-state index contributed by atoms with van der Waals surface area (Å²) in [6.07, 6.45) is 4.93. The molecule has 0 unspecified atom stereocenters. The molecule has 1 N–H and O–H groups in total. The fraction of sp³-hybridized carbons (Fsp3) is 0.529. The number of aromatic amines is 1. The molecule has 1 aromatic heterocycles. The summed E-state index contributed by atoms with van der Waals surface area (Å²) in [5.74, 6) is 1.74. The second-order valence-electron chi connectivity index (χ2n) is 5.85. The van der Waals surface area contributed by atoms with E-state index in [1.165, 1.54) is 37.9 Å². The van der Waals surface area contributed by atoms with Gasteiger partial charge in [0, 0.05) is 18.0 Å². The van der Waals surface area contributed by atoms with E-state index in [-0.39, 0.29) is 0 Å². The number of nitrogens with one attached hydrogen (secondary N) is 1. The first-order valence-corrected chi connectivity index (χ1v) is 8.03. The Labute approximate surface area is 126 Å². The van der Waals surface area contributed by atoms with Crippen LogP contribution in [0.15, 0.2) is 24.3 Å². The number of piperidine rings is 1. The van der Waals surface area contributed by atoms with E-state index in [1.807, 2.05) is 0 Å². The van der Waals surface area contributed by atoms with Crippen molar-refractivity contribution in [3.05, 3.63) is 35.7 Å². The van der Waals surface area contributed by atoms with E-state index in [1.54, 1.807) is 0 Å². The van der Waals surface area contributed by atoms with Gasteiger partial charge in [-0.05, 0) is 38.4 Å². The molecule has 2 aromatic rings. The highest BCUT2D eigenvalue weighted by Gasteiger charge is 2.18. The number of hydrogen-bond acceptors (Lipinski definition) is 3. The molecule has 0 radical (unpaired) electrons. The molecule has 0 bridgehead atoms. The van der Waals surface area contributed by atoms with Gasteiger partial charge in [0.05, 0.1) is 0 Å². The Balaban J connectivity index is 1.73. The molecule has 4 nitrogen and oxygen atoms in total. The monoisotopic (exact) mass is 284 g/mol. The highest BCUT2D eigenvalue weighted by molar-refractivity contribution is 5.55. The lowest BCUT2D eigenvalue weighted by molar-refractivity contribution is 0.175. The maximum atomic E-state index is 4.49. The van der Waals surface area contributed by atoms with Gasteiger partial charge in [-0.3, -0.25) is 10.00 Å². The van der Waals surface area contributed by atoms with Gasteiger partial charge in [0.1, 0.15) is 5.82 Å². The van der Waals surface area contributed by atoms with Gasteiger partial charge < -0.3 is 0 Å². The first-order chi connectivity index (χ1) is 10.3. The Morgan fingerprint density at radius 2 is 1.86 bits per heavy atom. The summed E-state index contributed by atoms with van der Waals surface area (Å²) in [6, 6.07) is 9.21. The van der Waals surface area contributed by atoms with Crippen molar-refractivity contribution in [3.63, 3.8) is 0 Å². The third-order valence-electron chi connectivity index (χ3n) is 4.46. The van der Waals surface area contributed by atoms with Crippen molar-refractivity contribution in [2.75, 3.05) is 13.1 Å². The van der Waals surface area contributed by atoms with Crippen LogP contribution in [0, 0.1) is 0 Å². The average Bonchev–Trinajstić information content (AvgIpc) is 3.04. The van der Waals surface area contributed by atoms with E-state index in [0.717, 1.165) is 23.6 Å². The number of H-pyrrole nitrogens is 1. The Kier molecular flexibility index (Phi) is 4.34. The van der Waals surface area contributed by atoms with Crippen LogP contribution in [0.5, 0.6) is 0 Å². The SMILES string of the molecule is CCc1nc(-c2ccc([C@H](C)N3CCCCC3)cc2)n[nH]1. The van der Waals surface area contributed by atoms with Crippen molar-refractivity contribution in [2.24, 2.45) is 0 Å². The van der Waals surface area contributed by atoms with E-state index >= 15 is 0 Å². The molecule has 1 aliphatic heterocycles. The summed E-state index contributed by atoms with van der Waals surface area (Å²) >= 11 is 0. The summed E-state index contributed by atoms with van der Waals surface area (Å²) in [5, 5.41) is 7.25. The number of aromatic nitrogens is 3. The minimum atomic E-state index is 0.498. The molecule has 0 saturated carbocycles. The van der Waals surface area contributed by atoms with Gasteiger partial charge in [-0.15, -0.1) is 0 Å². The second-order valence-corrected chi connectivity index (χ2v) is 5.85. The molecule has 1 atom stereocenters. The highest BCUT2D eigenvalue weighted by atomic mass is 15.2. The van der Waals surface area contributed by atoms with E-state index in [2.05, 4.69) is 58.2 Å². The fourth-order valence-electron chi connectivity index (χ4n) is 3.01. The molecule has 2 heterocycles. The van der Waals surface area contributed by atoms with E-state index in [4.69, 9.17) is 0 Å². The van der Waals surface area contributed by atoms with Gasteiger partial charge in [0.2, 0.25) is 0 Å². The van der Waals surface area contributed by atoms with Gasteiger partial charge in [-0.2, -0.15) is 5.10 Å². The largest absolute Gasteiger partial charge is 0.297 e. The van der Waals surface area contributed by atoms with Gasteiger partial charge in [-0.25, -0.2) is 4.98 Å². The third-order valence-corrected chi connectivity index (χ3v) is 4.46. The van der Waals surface area contributed by atoms with Crippen LogP contribution in [-0.2, 0) is 6.42 Å². The molecule has 1 fully saturated rings. The van der Waals surface area contributed by atoms with Crippen molar-refractivity contribution < 1.29 is 0 Å². The third kappa shape index (κ3) is 3.16. The van der Waals surface area contributed by atoms with Crippen LogP contribution in [0.2, 0.25) is 0 Å². The number of aryl methyl sites for hydroxylation is 1. The van der Waals surface area contributed by atoms with Crippen LogP contribution in [-0.4, -0.2) is 33.2 Å². The Bertz CT molecular complexity index is 567. The Morgan fingerprint density at radius 3 is 2.48 bits per heavy atom. The molecular formula is C17H24N4. The zero-order valence-corrected chi connectivity index (χ0v) is 13.0. The first-order valence-electron chi connectivity index (χ1n) is 8.03. The van der Waals surface area contributed by atoms with E-state index in [0.29, 0.717) is 6.04 Å². The quantitative estimate of drug-likeness (QED) is 0.933. The Hall–Kier alpha value is -1.68. The van der Waals surface area contributed by atoms with E-state index < -0.39 is 0 Å². The predicted molar refractivity (Wildman–Crippen MR) is 85.0 cm³/mol. The normalized spacial score (nSPS) is 17.8. The highest BCUT2D eigenvalue weighted by Crippen LogP contribution is 2.25. The molecule has 0 spiro atoms. The molecule has 1 aromatic carbocycles. The number of likely N-dealkylation sites (tertiary alicyclic amines) is 1. The standard InChI is InChI=1S/C17H24N4/c1-3-16-18-17(20-19-16)15-9-7-14(8-10-15)13(2)21-11-5-4-6-12-21/h7-10,13H,3-6,11-12H2,1-2H3,(H,18,19,20)/t13-/m0/s1. The van der Waals surface area contributed by atoms with E-state index in [9.17, 15) is 0 Å². The van der Waals surface area contributed by atoms with Crippen molar-refractivity contribution in [1.82, 2.24) is 20.1 Å². The summed E-state index contributed by atoms with van der Waals surface area (Å²) in [4.78, 5) is 7.07. The molecule has 0 amide bonds. The second kappa shape index (κ2) is 6.39. The Morgan fingerprint density at radius 1 is 1.14 bits per heavy atom. The zero-order valence-electron chi connectivity index (χ0n) is 13.0. The molecular weight excluding hydrogens is 260 g/mol. The summed E-state index contributed by atoms with van der Waals surface area (Å²) in [7, 11) is 0. The van der Waals surface area contributed by atoms with Crippen LogP contribution >= 0.6 is 0 Å². The number of hydrogen-bond donors (Lipinski definition) is 1.